The maximum atomic E-state index is 11.8. The molecule has 0 aliphatic heterocycles. The lowest BCUT2D eigenvalue weighted by molar-refractivity contribution is 0.135. The zero-order chi connectivity index (χ0) is 11.0. The number of rotatable bonds is 6. The fourth-order valence-electron chi connectivity index (χ4n) is 0.816. The van der Waals surface area contributed by atoms with Crippen LogP contribution in [0.1, 0.15) is 33.1 Å². The quantitative estimate of drug-likeness (QED) is 0.576. The Morgan fingerprint density at radius 3 is 2.64 bits per heavy atom. The standard InChI is InChI=1S/C11H17F2N/c1-4-10(3)14-8-9(2)6-5-7-11(12)13/h4,8,11H,2,5-7H2,1,3H3/b10-4-,14-8?. The number of hydrogen-bond acceptors (Lipinski definition) is 1. The number of hydrogen-bond donors (Lipinski definition) is 0. The molecule has 1 nitrogen and oxygen atoms in total. The second-order valence-electron chi connectivity index (χ2n) is 3.13. The fourth-order valence-corrected chi connectivity index (χ4v) is 0.816. The summed E-state index contributed by atoms with van der Waals surface area (Å²) in [5, 5.41) is 0. The molecule has 80 valence electrons. The molecule has 0 heterocycles. The van der Waals surface area contributed by atoms with E-state index >= 15 is 0 Å². The van der Waals surface area contributed by atoms with Crippen molar-refractivity contribution in [1.29, 1.82) is 0 Å². The molecular formula is C11H17F2N. The summed E-state index contributed by atoms with van der Waals surface area (Å²) in [6, 6.07) is 0. The third-order valence-electron chi connectivity index (χ3n) is 1.79. The highest BCUT2D eigenvalue weighted by Crippen LogP contribution is 2.09. The van der Waals surface area contributed by atoms with E-state index in [0.717, 1.165) is 11.3 Å². The molecule has 0 spiro atoms. The van der Waals surface area contributed by atoms with Crippen LogP contribution in [0.3, 0.4) is 0 Å². The molecule has 14 heavy (non-hydrogen) atoms. The molecule has 0 N–H and O–H groups in total. The van der Waals surface area contributed by atoms with Crippen LogP contribution in [-0.2, 0) is 0 Å². The number of aliphatic imine (C=N–C) groups is 1. The number of halogens is 2. The highest BCUT2D eigenvalue weighted by molar-refractivity contribution is 5.78. The maximum absolute atomic E-state index is 11.8. The Morgan fingerprint density at radius 2 is 2.14 bits per heavy atom. The van der Waals surface area contributed by atoms with E-state index in [2.05, 4.69) is 11.6 Å². The minimum absolute atomic E-state index is 0.0601. The van der Waals surface area contributed by atoms with Crippen molar-refractivity contribution in [2.75, 3.05) is 0 Å². The maximum Gasteiger partial charge on any atom is 0.238 e. The van der Waals surface area contributed by atoms with Crippen LogP contribution >= 0.6 is 0 Å². The van der Waals surface area contributed by atoms with Crippen LogP contribution in [0.5, 0.6) is 0 Å². The summed E-state index contributed by atoms with van der Waals surface area (Å²) in [6.45, 7) is 7.51. The lowest BCUT2D eigenvalue weighted by Gasteiger charge is -1.99. The van der Waals surface area contributed by atoms with Crippen molar-refractivity contribution in [2.24, 2.45) is 4.99 Å². The number of nitrogens with zero attached hydrogens (tertiary/aromatic N) is 1. The van der Waals surface area contributed by atoms with Gasteiger partial charge in [0, 0.05) is 18.3 Å². The van der Waals surface area contributed by atoms with Crippen LogP contribution in [0.15, 0.2) is 28.9 Å². The topological polar surface area (TPSA) is 12.4 Å². The first-order valence-corrected chi connectivity index (χ1v) is 4.69. The van der Waals surface area contributed by atoms with Gasteiger partial charge in [-0.25, -0.2) is 8.78 Å². The molecule has 0 atom stereocenters. The molecule has 0 saturated carbocycles. The van der Waals surface area contributed by atoms with Crippen LogP contribution in [0.25, 0.3) is 0 Å². The van der Waals surface area contributed by atoms with E-state index in [-0.39, 0.29) is 6.42 Å². The molecular weight excluding hydrogens is 184 g/mol. The summed E-state index contributed by atoms with van der Waals surface area (Å²) >= 11 is 0. The molecule has 0 amide bonds. The van der Waals surface area contributed by atoms with Crippen LogP contribution in [0, 0.1) is 0 Å². The Bertz CT molecular complexity index is 229. The van der Waals surface area contributed by atoms with Gasteiger partial charge in [0.05, 0.1) is 0 Å². The van der Waals surface area contributed by atoms with Crippen molar-refractivity contribution in [3.8, 4) is 0 Å². The summed E-state index contributed by atoms with van der Waals surface area (Å²) in [7, 11) is 0. The predicted molar refractivity (Wildman–Crippen MR) is 56.9 cm³/mol. The van der Waals surface area contributed by atoms with Gasteiger partial charge in [0.25, 0.3) is 0 Å². The van der Waals surface area contributed by atoms with E-state index in [4.69, 9.17) is 0 Å². The van der Waals surface area contributed by atoms with E-state index in [1.807, 2.05) is 19.9 Å². The SMILES string of the molecule is C=C(C=N/C(C)=C\C)CCCC(F)F. The molecule has 0 rings (SSSR count). The van der Waals surface area contributed by atoms with Gasteiger partial charge < -0.3 is 0 Å². The van der Waals surface area contributed by atoms with Crippen molar-refractivity contribution in [3.05, 3.63) is 23.9 Å². The molecule has 0 aliphatic carbocycles. The average Bonchev–Trinajstić information content (AvgIpc) is 2.13. The minimum Gasteiger partial charge on any atom is -0.262 e. The van der Waals surface area contributed by atoms with Crippen LogP contribution in [0.4, 0.5) is 8.78 Å². The Balaban J connectivity index is 3.71. The normalized spacial score (nSPS) is 12.8. The predicted octanol–water partition coefficient (Wildman–Crippen LogP) is 3.97. The van der Waals surface area contributed by atoms with Gasteiger partial charge in [-0.1, -0.05) is 12.7 Å². The van der Waals surface area contributed by atoms with Crippen molar-refractivity contribution in [1.82, 2.24) is 0 Å². The number of alkyl halides is 2. The van der Waals surface area contributed by atoms with E-state index in [9.17, 15) is 8.78 Å². The average molecular weight is 201 g/mol. The van der Waals surface area contributed by atoms with Gasteiger partial charge >= 0.3 is 0 Å². The van der Waals surface area contributed by atoms with E-state index < -0.39 is 6.43 Å². The second-order valence-corrected chi connectivity index (χ2v) is 3.13. The molecule has 0 aromatic rings. The Morgan fingerprint density at radius 1 is 1.50 bits per heavy atom. The third kappa shape index (κ3) is 7.65. The summed E-state index contributed by atoms with van der Waals surface area (Å²) in [6.07, 6.45) is 2.30. The van der Waals surface area contributed by atoms with Gasteiger partial charge in [-0.15, -0.1) is 0 Å². The Labute approximate surface area is 84.2 Å². The van der Waals surface area contributed by atoms with Crippen molar-refractivity contribution < 1.29 is 8.78 Å². The molecule has 0 aromatic heterocycles. The van der Waals surface area contributed by atoms with Crippen molar-refractivity contribution in [2.45, 2.75) is 39.5 Å². The summed E-state index contributed by atoms with van der Waals surface area (Å²) in [5.74, 6) is 0. The Hall–Kier alpha value is -0.990. The van der Waals surface area contributed by atoms with Gasteiger partial charge in [-0.2, -0.15) is 0 Å². The van der Waals surface area contributed by atoms with E-state index in [1.165, 1.54) is 0 Å². The van der Waals surface area contributed by atoms with Crippen LogP contribution in [0.2, 0.25) is 0 Å². The largest absolute Gasteiger partial charge is 0.262 e. The van der Waals surface area contributed by atoms with Gasteiger partial charge in [0.1, 0.15) is 0 Å². The van der Waals surface area contributed by atoms with Gasteiger partial charge in [0.2, 0.25) is 6.43 Å². The molecule has 0 fully saturated rings. The zero-order valence-corrected chi connectivity index (χ0v) is 8.76. The second kappa shape index (κ2) is 7.42. The van der Waals surface area contributed by atoms with Gasteiger partial charge in [0.15, 0.2) is 0 Å². The first-order valence-electron chi connectivity index (χ1n) is 4.69. The van der Waals surface area contributed by atoms with Crippen LogP contribution in [-0.4, -0.2) is 12.6 Å². The minimum atomic E-state index is -2.21. The summed E-state index contributed by atoms with van der Waals surface area (Å²) in [4.78, 5) is 4.09. The monoisotopic (exact) mass is 201 g/mol. The highest BCUT2D eigenvalue weighted by atomic mass is 19.3. The third-order valence-corrected chi connectivity index (χ3v) is 1.79. The highest BCUT2D eigenvalue weighted by Gasteiger charge is 2.01. The Kier molecular flexibility index (Phi) is 6.89. The molecule has 0 aromatic carbocycles. The molecule has 0 aliphatic rings. The van der Waals surface area contributed by atoms with Crippen molar-refractivity contribution in [3.63, 3.8) is 0 Å². The van der Waals surface area contributed by atoms with E-state index in [1.54, 1.807) is 6.21 Å². The molecule has 0 unspecified atom stereocenters. The lowest BCUT2D eigenvalue weighted by atomic mass is 10.1. The zero-order valence-electron chi connectivity index (χ0n) is 8.76. The van der Waals surface area contributed by atoms with Gasteiger partial charge in [-0.3, -0.25) is 4.99 Å². The number of allylic oxidation sites excluding steroid dienone is 3. The van der Waals surface area contributed by atoms with Crippen LogP contribution < -0.4 is 0 Å². The smallest absolute Gasteiger partial charge is 0.238 e. The first kappa shape index (κ1) is 13.0. The van der Waals surface area contributed by atoms with Crippen molar-refractivity contribution >= 4 is 6.21 Å². The molecule has 3 heteroatoms. The summed E-state index contributed by atoms with van der Waals surface area (Å²) in [5.41, 5.74) is 1.70. The fraction of sp³-hybridized carbons (Fsp3) is 0.545. The molecule has 0 bridgehead atoms. The first-order chi connectivity index (χ1) is 6.56. The van der Waals surface area contributed by atoms with E-state index in [0.29, 0.717) is 12.8 Å². The lowest BCUT2D eigenvalue weighted by Crippen LogP contribution is -1.91. The van der Waals surface area contributed by atoms with Gasteiger partial charge in [-0.05, 0) is 32.3 Å². The molecule has 0 saturated heterocycles. The molecule has 0 radical (unpaired) electrons. The summed E-state index contributed by atoms with van der Waals surface area (Å²) < 4.78 is 23.6.